The highest BCUT2D eigenvalue weighted by Crippen LogP contribution is 2.11. The summed E-state index contributed by atoms with van der Waals surface area (Å²) < 4.78 is 0. The summed E-state index contributed by atoms with van der Waals surface area (Å²) in [6.45, 7) is 1.18. The number of amides is 4. The van der Waals surface area contributed by atoms with Gasteiger partial charge >= 0.3 is 5.97 Å². The van der Waals surface area contributed by atoms with E-state index in [0.29, 0.717) is 11.1 Å². The van der Waals surface area contributed by atoms with Crippen LogP contribution in [0.25, 0.3) is 0 Å². The lowest BCUT2D eigenvalue weighted by Crippen LogP contribution is -2.59. The van der Waals surface area contributed by atoms with Crippen molar-refractivity contribution in [3.63, 3.8) is 0 Å². The van der Waals surface area contributed by atoms with Gasteiger partial charge in [0.2, 0.25) is 23.6 Å². The van der Waals surface area contributed by atoms with Gasteiger partial charge in [0.25, 0.3) is 0 Å². The van der Waals surface area contributed by atoms with E-state index in [9.17, 15) is 39.3 Å². The molecule has 4 amide bonds. The average molecular weight is 544 g/mol. The maximum Gasteiger partial charge on any atom is 0.328 e. The molecular formula is C26H33N5O8. The maximum atomic E-state index is 13.1. The van der Waals surface area contributed by atoms with Crippen molar-refractivity contribution in [2.45, 2.75) is 56.5 Å². The Hall–Kier alpha value is -4.49. The van der Waals surface area contributed by atoms with E-state index in [-0.39, 0.29) is 18.6 Å². The second kappa shape index (κ2) is 14.4. The molecule has 5 unspecified atom stereocenters. The Morgan fingerprint density at radius 3 is 1.87 bits per heavy atom. The van der Waals surface area contributed by atoms with Crippen molar-refractivity contribution in [1.82, 2.24) is 16.0 Å². The second-order valence-corrected chi connectivity index (χ2v) is 9.02. The first-order valence-electron chi connectivity index (χ1n) is 12.0. The van der Waals surface area contributed by atoms with E-state index >= 15 is 0 Å². The smallest absolute Gasteiger partial charge is 0.328 e. The molecule has 13 heteroatoms. The summed E-state index contributed by atoms with van der Waals surface area (Å²) >= 11 is 0. The van der Waals surface area contributed by atoms with E-state index in [2.05, 4.69) is 16.0 Å². The minimum atomic E-state index is -1.65. The number of aliphatic hydroxyl groups is 1. The maximum absolute atomic E-state index is 13.1. The van der Waals surface area contributed by atoms with E-state index in [1.165, 1.54) is 19.1 Å². The highest BCUT2D eigenvalue weighted by atomic mass is 16.4. The van der Waals surface area contributed by atoms with Crippen LogP contribution in [0.2, 0.25) is 0 Å². The summed E-state index contributed by atoms with van der Waals surface area (Å²) in [4.78, 5) is 62.0. The molecule has 0 saturated carbocycles. The van der Waals surface area contributed by atoms with Gasteiger partial charge in [0, 0.05) is 6.42 Å². The first-order valence-corrected chi connectivity index (χ1v) is 12.0. The molecule has 10 N–H and O–H groups in total. The first-order chi connectivity index (χ1) is 18.4. The van der Waals surface area contributed by atoms with Crippen molar-refractivity contribution in [2.24, 2.45) is 11.5 Å². The van der Waals surface area contributed by atoms with Crippen molar-refractivity contribution in [3.05, 3.63) is 65.7 Å². The molecule has 210 valence electrons. The van der Waals surface area contributed by atoms with Crippen LogP contribution in [-0.2, 0) is 36.8 Å². The second-order valence-electron chi connectivity index (χ2n) is 9.02. The van der Waals surface area contributed by atoms with E-state index in [4.69, 9.17) is 11.5 Å². The van der Waals surface area contributed by atoms with Crippen LogP contribution < -0.4 is 27.4 Å². The predicted octanol–water partition coefficient (Wildman–Crippen LogP) is -1.70. The summed E-state index contributed by atoms with van der Waals surface area (Å²) in [5.74, 6) is -4.97. The van der Waals surface area contributed by atoms with Crippen LogP contribution in [0.1, 0.15) is 24.5 Å². The van der Waals surface area contributed by atoms with Gasteiger partial charge in [-0.2, -0.15) is 0 Å². The third kappa shape index (κ3) is 10.1. The number of carbonyl (C=O) groups is 5. The number of aliphatic carboxylic acids is 1. The molecule has 0 saturated heterocycles. The highest BCUT2D eigenvalue weighted by molar-refractivity contribution is 5.96. The lowest BCUT2D eigenvalue weighted by Gasteiger charge is -2.25. The molecule has 5 atom stereocenters. The Bertz CT molecular complexity index is 1160. The standard InChI is InChI=1S/C26H33N5O8/c1-14(32)22(26(38)39)31-25(37)19(12-15-5-3-2-4-6-15)30-24(36)20(13-21(28)34)29-23(35)18(27)11-16-7-9-17(33)10-8-16/h2-10,14,18-20,22,32-33H,11-13,27H2,1H3,(H2,28,34)(H,29,35)(H,30,36)(H,31,37)(H,38,39). The Labute approximate surface area is 224 Å². The van der Waals surface area contributed by atoms with Gasteiger partial charge in [-0.1, -0.05) is 42.5 Å². The molecule has 0 aliphatic heterocycles. The number of phenols is 1. The van der Waals surface area contributed by atoms with Crippen molar-refractivity contribution < 1.29 is 39.3 Å². The number of primary amides is 1. The van der Waals surface area contributed by atoms with E-state index < -0.39 is 66.3 Å². The topological polar surface area (TPSA) is 234 Å². The Morgan fingerprint density at radius 1 is 0.795 bits per heavy atom. The highest BCUT2D eigenvalue weighted by Gasteiger charge is 2.32. The minimum absolute atomic E-state index is 0.0344. The number of carboxylic acid groups (broad SMARTS) is 1. The van der Waals surface area contributed by atoms with Crippen LogP contribution in [-0.4, -0.2) is 75.2 Å². The Balaban J connectivity index is 2.20. The van der Waals surface area contributed by atoms with Gasteiger partial charge in [0.1, 0.15) is 17.8 Å². The number of hydrogen-bond donors (Lipinski definition) is 8. The van der Waals surface area contributed by atoms with Gasteiger partial charge in [0.05, 0.1) is 18.6 Å². The number of nitrogens with two attached hydrogens (primary N) is 2. The quantitative estimate of drug-likeness (QED) is 0.135. The molecular weight excluding hydrogens is 510 g/mol. The molecule has 0 fully saturated rings. The minimum Gasteiger partial charge on any atom is -0.508 e. The number of benzene rings is 2. The SMILES string of the molecule is CC(O)C(NC(=O)C(Cc1ccccc1)NC(=O)C(CC(N)=O)NC(=O)C(N)Cc1ccc(O)cc1)C(=O)O. The van der Waals surface area contributed by atoms with E-state index in [0.717, 1.165) is 0 Å². The molecule has 2 aromatic carbocycles. The fourth-order valence-corrected chi connectivity index (χ4v) is 3.64. The third-order valence-electron chi connectivity index (χ3n) is 5.73. The molecule has 0 heterocycles. The number of carbonyl (C=O) groups excluding carboxylic acids is 4. The summed E-state index contributed by atoms with van der Waals surface area (Å²) in [5, 5.41) is 35.5. The van der Waals surface area contributed by atoms with E-state index in [1.807, 2.05) is 0 Å². The zero-order valence-electron chi connectivity index (χ0n) is 21.2. The van der Waals surface area contributed by atoms with Crippen LogP contribution in [0.3, 0.4) is 0 Å². The zero-order chi connectivity index (χ0) is 29.1. The Kier molecular flexibility index (Phi) is 11.4. The number of aromatic hydroxyl groups is 1. The lowest BCUT2D eigenvalue weighted by atomic mass is 10.0. The van der Waals surface area contributed by atoms with Crippen molar-refractivity contribution in [1.29, 1.82) is 0 Å². The van der Waals surface area contributed by atoms with Crippen LogP contribution in [0.15, 0.2) is 54.6 Å². The fraction of sp³-hybridized carbons (Fsp3) is 0.346. The van der Waals surface area contributed by atoms with Crippen molar-refractivity contribution >= 4 is 29.6 Å². The number of hydrogen-bond acceptors (Lipinski definition) is 8. The van der Waals surface area contributed by atoms with Crippen LogP contribution in [0.5, 0.6) is 5.75 Å². The molecule has 0 aromatic heterocycles. The first kappa shape index (κ1) is 30.7. The molecule has 39 heavy (non-hydrogen) atoms. The Morgan fingerprint density at radius 2 is 1.33 bits per heavy atom. The molecule has 0 aliphatic carbocycles. The number of nitrogens with one attached hydrogen (secondary N) is 3. The largest absolute Gasteiger partial charge is 0.508 e. The third-order valence-corrected chi connectivity index (χ3v) is 5.73. The number of rotatable bonds is 14. The van der Waals surface area contributed by atoms with Gasteiger partial charge < -0.3 is 42.7 Å². The van der Waals surface area contributed by atoms with Crippen molar-refractivity contribution in [3.8, 4) is 5.75 Å². The summed E-state index contributed by atoms with van der Waals surface area (Å²) in [5.41, 5.74) is 12.5. The van der Waals surface area contributed by atoms with Crippen LogP contribution >= 0.6 is 0 Å². The lowest BCUT2D eigenvalue weighted by molar-refractivity contribution is -0.145. The number of phenolic OH excluding ortho intramolecular Hbond substituents is 1. The molecule has 0 spiro atoms. The van der Waals surface area contributed by atoms with Gasteiger partial charge in [0.15, 0.2) is 6.04 Å². The van der Waals surface area contributed by atoms with Crippen LogP contribution in [0, 0.1) is 0 Å². The molecule has 0 bridgehead atoms. The van der Waals surface area contributed by atoms with E-state index in [1.54, 1.807) is 42.5 Å². The molecule has 13 nitrogen and oxygen atoms in total. The van der Waals surface area contributed by atoms with Gasteiger partial charge in [-0.15, -0.1) is 0 Å². The monoisotopic (exact) mass is 543 g/mol. The fourth-order valence-electron chi connectivity index (χ4n) is 3.64. The van der Waals surface area contributed by atoms with Gasteiger partial charge in [-0.3, -0.25) is 19.2 Å². The number of aliphatic hydroxyl groups excluding tert-OH is 1. The van der Waals surface area contributed by atoms with Gasteiger partial charge in [-0.05, 0) is 36.6 Å². The zero-order valence-corrected chi connectivity index (χ0v) is 21.2. The summed E-state index contributed by atoms with van der Waals surface area (Å²) in [6.07, 6.45) is -2.04. The molecule has 0 aliphatic rings. The van der Waals surface area contributed by atoms with Gasteiger partial charge in [-0.25, -0.2) is 4.79 Å². The molecule has 2 aromatic rings. The molecule has 0 radical (unpaired) electrons. The van der Waals surface area contributed by atoms with Crippen molar-refractivity contribution in [2.75, 3.05) is 0 Å². The van der Waals surface area contributed by atoms with Crippen LogP contribution in [0.4, 0.5) is 0 Å². The molecule has 2 rings (SSSR count). The predicted molar refractivity (Wildman–Crippen MR) is 139 cm³/mol. The average Bonchev–Trinajstić information content (AvgIpc) is 2.87. The number of carboxylic acids is 1. The summed E-state index contributed by atoms with van der Waals surface area (Å²) in [7, 11) is 0. The summed E-state index contributed by atoms with van der Waals surface area (Å²) in [6, 6.07) is 8.91. The normalized spacial score (nSPS) is 14.6.